The smallest absolute Gasteiger partial charge is 0.238 e. The van der Waals surface area contributed by atoms with Crippen LogP contribution in [-0.4, -0.2) is 62.7 Å². The Kier molecular flexibility index (Phi) is 7.11. The third-order valence-electron chi connectivity index (χ3n) is 5.63. The Hall–Kier alpha value is -3.26. The molecule has 2 aromatic rings. The molecular formula is C24H30N4O4. The SMILES string of the molecule is CCN(CC(=O)Nc1ccc(N2CCCC2)cc1)CC(=O)Nc1ccc2c(c1)OCCO2. The number of hydrogen-bond acceptors (Lipinski definition) is 6. The number of likely N-dealkylation sites (N-methyl/N-ethyl adjacent to an activating group) is 1. The van der Waals surface area contributed by atoms with E-state index >= 15 is 0 Å². The second kappa shape index (κ2) is 10.4. The number of anilines is 3. The van der Waals surface area contributed by atoms with Gasteiger partial charge in [-0.2, -0.15) is 0 Å². The van der Waals surface area contributed by atoms with Crippen molar-refractivity contribution in [1.82, 2.24) is 4.90 Å². The first kappa shape index (κ1) is 22.0. The van der Waals surface area contributed by atoms with Crippen LogP contribution in [0.4, 0.5) is 17.1 Å². The fraction of sp³-hybridized carbons (Fsp3) is 0.417. The Balaban J connectivity index is 1.26. The molecule has 0 radical (unpaired) electrons. The maximum absolute atomic E-state index is 12.5. The molecule has 4 rings (SSSR count). The zero-order chi connectivity index (χ0) is 22.3. The number of benzene rings is 2. The average molecular weight is 439 g/mol. The molecule has 2 aliphatic heterocycles. The number of ether oxygens (including phenoxy) is 2. The molecule has 0 atom stereocenters. The molecule has 8 heteroatoms. The molecule has 1 fully saturated rings. The Morgan fingerprint density at radius 2 is 1.47 bits per heavy atom. The number of nitrogens with one attached hydrogen (secondary N) is 2. The lowest BCUT2D eigenvalue weighted by Crippen LogP contribution is -2.38. The van der Waals surface area contributed by atoms with E-state index in [4.69, 9.17) is 9.47 Å². The first-order valence-electron chi connectivity index (χ1n) is 11.2. The molecule has 2 aromatic carbocycles. The molecular weight excluding hydrogens is 408 g/mol. The van der Waals surface area contributed by atoms with Crippen LogP contribution in [0.25, 0.3) is 0 Å². The molecule has 1 saturated heterocycles. The monoisotopic (exact) mass is 438 g/mol. The van der Waals surface area contributed by atoms with Gasteiger partial charge in [-0.25, -0.2) is 0 Å². The van der Waals surface area contributed by atoms with E-state index in [9.17, 15) is 9.59 Å². The van der Waals surface area contributed by atoms with Gasteiger partial charge in [0.1, 0.15) is 13.2 Å². The number of amides is 2. The number of hydrogen-bond donors (Lipinski definition) is 2. The minimum Gasteiger partial charge on any atom is -0.486 e. The quantitative estimate of drug-likeness (QED) is 0.659. The van der Waals surface area contributed by atoms with Gasteiger partial charge in [-0.15, -0.1) is 0 Å². The summed E-state index contributed by atoms with van der Waals surface area (Å²) < 4.78 is 11.0. The second-order valence-corrected chi connectivity index (χ2v) is 8.00. The average Bonchev–Trinajstić information content (AvgIpc) is 3.34. The van der Waals surface area contributed by atoms with Gasteiger partial charge in [-0.05, 0) is 55.8 Å². The summed E-state index contributed by atoms with van der Waals surface area (Å²) in [5.41, 5.74) is 2.58. The summed E-state index contributed by atoms with van der Waals surface area (Å²) in [4.78, 5) is 29.1. The van der Waals surface area contributed by atoms with Crippen LogP contribution in [0.2, 0.25) is 0 Å². The Bertz CT molecular complexity index is 942. The van der Waals surface area contributed by atoms with E-state index in [-0.39, 0.29) is 24.9 Å². The summed E-state index contributed by atoms with van der Waals surface area (Å²) in [6, 6.07) is 13.2. The Morgan fingerprint density at radius 3 is 2.12 bits per heavy atom. The van der Waals surface area contributed by atoms with E-state index in [0.717, 1.165) is 18.8 Å². The molecule has 2 heterocycles. The van der Waals surface area contributed by atoms with Crippen LogP contribution in [0.15, 0.2) is 42.5 Å². The van der Waals surface area contributed by atoms with Gasteiger partial charge in [0.15, 0.2) is 11.5 Å². The number of rotatable bonds is 8. The third kappa shape index (κ3) is 5.70. The molecule has 2 aliphatic rings. The van der Waals surface area contributed by atoms with Crippen LogP contribution in [0.5, 0.6) is 11.5 Å². The molecule has 8 nitrogen and oxygen atoms in total. The van der Waals surface area contributed by atoms with E-state index in [1.54, 1.807) is 23.1 Å². The number of carbonyl (C=O) groups is 2. The van der Waals surface area contributed by atoms with Gasteiger partial charge in [0.25, 0.3) is 0 Å². The lowest BCUT2D eigenvalue weighted by atomic mass is 10.2. The minimum absolute atomic E-state index is 0.117. The van der Waals surface area contributed by atoms with Crippen molar-refractivity contribution in [3.05, 3.63) is 42.5 Å². The Morgan fingerprint density at radius 1 is 0.875 bits per heavy atom. The fourth-order valence-electron chi connectivity index (χ4n) is 3.94. The highest BCUT2D eigenvalue weighted by atomic mass is 16.6. The summed E-state index contributed by atoms with van der Waals surface area (Å²) in [6.45, 7) is 5.95. The van der Waals surface area contributed by atoms with Crippen LogP contribution in [0, 0.1) is 0 Å². The predicted molar refractivity (Wildman–Crippen MR) is 125 cm³/mol. The number of fused-ring (bicyclic) bond motifs is 1. The standard InChI is InChI=1S/C24H30N4O4/c1-2-27(17-24(30)26-19-7-10-21-22(15-19)32-14-13-31-21)16-23(29)25-18-5-8-20(9-6-18)28-11-3-4-12-28/h5-10,15H,2-4,11-14,16-17H2,1H3,(H,25,29)(H,26,30). The van der Waals surface area contributed by atoms with E-state index in [2.05, 4.69) is 15.5 Å². The van der Waals surface area contributed by atoms with E-state index in [0.29, 0.717) is 36.9 Å². The molecule has 0 bridgehead atoms. The highest BCUT2D eigenvalue weighted by Gasteiger charge is 2.16. The zero-order valence-electron chi connectivity index (χ0n) is 18.4. The molecule has 2 amide bonds. The second-order valence-electron chi connectivity index (χ2n) is 8.00. The summed E-state index contributed by atoms with van der Waals surface area (Å²) in [5, 5.41) is 5.78. The van der Waals surface area contributed by atoms with Crippen LogP contribution in [0.1, 0.15) is 19.8 Å². The molecule has 0 aliphatic carbocycles. The van der Waals surface area contributed by atoms with Gasteiger partial charge in [0.05, 0.1) is 13.1 Å². The molecule has 0 aromatic heterocycles. The van der Waals surface area contributed by atoms with Crippen LogP contribution in [0.3, 0.4) is 0 Å². The van der Waals surface area contributed by atoms with Crippen LogP contribution < -0.4 is 25.0 Å². The van der Waals surface area contributed by atoms with Crippen molar-refractivity contribution in [2.24, 2.45) is 0 Å². The normalized spacial score (nSPS) is 15.0. The highest BCUT2D eigenvalue weighted by molar-refractivity contribution is 5.95. The third-order valence-corrected chi connectivity index (χ3v) is 5.63. The predicted octanol–water partition coefficient (Wildman–Crippen LogP) is 2.96. The highest BCUT2D eigenvalue weighted by Crippen LogP contribution is 2.32. The van der Waals surface area contributed by atoms with Crippen molar-refractivity contribution in [2.45, 2.75) is 19.8 Å². The van der Waals surface area contributed by atoms with Gasteiger partial charge in [0.2, 0.25) is 11.8 Å². The van der Waals surface area contributed by atoms with Crippen molar-refractivity contribution in [3.63, 3.8) is 0 Å². The van der Waals surface area contributed by atoms with Gasteiger partial charge in [0, 0.05) is 36.2 Å². The van der Waals surface area contributed by atoms with Crippen molar-refractivity contribution in [1.29, 1.82) is 0 Å². The molecule has 0 spiro atoms. The molecule has 0 saturated carbocycles. The first-order chi connectivity index (χ1) is 15.6. The summed E-state index contributed by atoms with van der Waals surface area (Å²) >= 11 is 0. The lowest BCUT2D eigenvalue weighted by molar-refractivity contribution is -0.119. The molecule has 32 heavy (non-hydrogen) atoms. The van der Waals surface area contributed by atoms with Gasteiger partial charge < -0.3 is 25.0 Å². The summed E-state index contributed by atoms with van der Waals surface area (Å²) in [7, 11) is 0. The van der Waals surface area contributed by atoms with E-state index in [1.807, 2.05) is 31.2 Å². The minimum atomic E-state index is -0.189. The topological polar surface area (TPSA) is 83.1 Å². The number of nitrogens with zero attached hydrogens (tertiary/aromatic N) is 2. The van der Waals surface area contributed by atoms with Gasteiger partial charge >= 0.3 is 0 Å². The van der Waals surface area contributed by atoms with Crippen LogP contribution >= 0.6 is 0 Å². The van der Waals surface area contributed by atoms with Gasteiger partial charge in [-0.1, -0.05) is 6.92 Å². The van der Waals surface area contributed by atoms with Crippen molar-refractivity contribution >= 4 is 28.9 Å². The lowest BCUT2D eigenvalue weighted by Gasteiger charge is -2.21. The van der Waals surface area contributed by atoms with Crippen molar-refractivity contribution < 1.29 is 19.1 Å². The maximum Gasteiger partial charge on any atom is 0.238 e. The molecule has 2 N–H and O–H groups in total. The fourth-order valence-corrected chi connectivity index (χ4v) is 3.94. The zero-order valence-corrected chi connectivity index (χ0v) is 18.4. The van der Waals surface area contributed by atoms with E-state index < -0.39 is 0 Å². The van der Waals surface area contributed by atoms with Crippen molar-refractivity contribution in [3.8, 4) is 11.5 Å². The summed E-state index contributed by atoms with van der Waals surface area (Å²) in [6.07, 6.45) is 2.46. The number of carbonyl (C=O) groups excluding carboxylic acids is 2. The maximum atomic E-state index is 12.5. The summed E-state index contributed by atoms with van der Waals surface area (Å²) in [5.74, 6) is 0.963. The molecule has 170 valence electrons. The largest absolute Gasteiger partial charge is 0.486 e. The van der Waals surface area contributed by atoms with E-state index in [1.165, 1.54) is 18.5 Å². The van der Waals surface area contributed by atoms with Crippen molar-refractivity contribution in [2.75, 3.05) is 61.5 Å². The first-order valence-corrected chi connectivity index (χ1v) is 11.2. The van der Waals surface area contributed by atoms with Gasteiger partial charge in [-0.3, -0.25) is 14.5 Å². The molecule has 0 unspecified atom stereocenters. The van der Waals surface area contributed by atoms with Crippen LogP contribution in [-0.2, 0) is 9.59 Å². The Labute approximate surface area is 188 Å².